The fraction of sp³-hybridized carbons (Fsp3) is 0.630. The summed E-state index contributed by atoms with van der Waals surface area (Å²) in [5.74, 6) is -0.366. The molecule has 2 N–H and O–H groups in total. The minimum absolute atomic E-state index is 0.0530. The third-order valence-electron chi connectivity index (χ3n) is 6.37. The number of allylic oxidation sites excluding steroid dienone is 2. The number of esters is 1. The molecular weight excluding hydrogens is 455 g/mol. The first kappa shape index (κ1) is 28.5. The summed E-state index contributed by atoms with van der Waals surface area (Å²) >= 11 is 1.48. The summed E-state index contributed by atoms with van der Waals surface area (Å²) in [6, 6.07) is 6.21. The number of aliphatic hydroxyl groups excluding tert-OH is 1. The lowest BCUT2D eigenvalue weighted by Crippen LogP contribution is -2.37. The van der Waals surface area contributed by atoms with Gasteiger partial charge < -0.3 is 14.9 Å². The molecule has 0 spiro atoms. The monoisotopic (exact) mass is 494 g/mol. The number of rotatable bonds is 15. The van der Waals surface area contributed by atoms with Crippen molar-refractivity contribution in [1.82, 2.24) is 0 Å². The first-order chi connectivity index (χ1) is 16.3. The van der Waals surface area contributed by atoms with Gasteiger partial charge in [0.25, 0.3) is 0 Å². The third-order valence-corrected chi connectivity index (χ3v) is 8.10. The molecule has 0 heterocycles. The number of halogens is 1. The Balaban J connectivity index is 1.97. The number of aliphatic hydroxyl groups is 2. The Bertz CT molecular complexity index is 797. The van der Waals surface area contributed by atoms with Crippen LogP contribution in [0.2, 0.25) is 0 Å². The highest BCUT2D eigenvalue weighted by molar-refractivity contribution is 8.00. The van der Waals surface area contributed by atoms with Crippen molar-refractivity contribution in [2.75, 3.05) is 12.9 Å². The van der Waals surface area contributed by atoms with Gasteiger partial charge in [0.15, 0.2) is 0 Å². The molecule has 7 heteroatoms. The highest BCUT2D eigenvalue weighted by Crippen LogP contribution is 2.38. The van der Waals surface area contributed by atoms with E-state index in [-0.39, 0.29) is 35.2 Å². The van der Waals surface area contributed by atoms with Gasteiger partial charge in [0.1, 0.15) is 11.6 Å². The van der Waals surface area contributed by atoms with Crippen molar-refractivity contribution in [3.8, 4) is 0 Å². The maximum absolute atomic E-state index is 13.3. The number of ether oxygens (including phenoxy) is 1. The van der Waals surface area contributed by atoms with Crippen LogP contribution in [-0.4, -0.2) is 51.8 Å². The van der Waals surface area contributed by atoms with E-state index in [1.807, 2.05) is 12.2 Å². The average molecular weight is 495 g/mol. The second-order valence-electron chi connectivity index (χ2n) is 9.28. The largest absolute Gasteiger partial charge is 0.469 e. The standard InChI is InChI=1S/C27H39FO5S/c1-3-4-9-16-27(32,18-20-12-14-21(28)15-13-20)19-34-26-22(23(29)17-24(26)30)10-7-5-6-8-11-25(31)33-2/h5,7,12-15,22,24,26,30,32H,3-4,6,8-11,16-19H2,1-2H3/t22-,24?,26+,27?/m0/s1. The summed E-state index contributed by atoms with van der Waals surface area (Å²) in [5, 5.41) is 21.7. The fourth-order valence-corrected chi connectivity index (χ4v) is 5.96. The number of carbonyl (C=O) groups excluding carboxylic acids is 2. The summed E-state index contributed by atoms with van der Waals surface area (Å²) in [4.78, 5) is 23.7. The molecule has 0 amide bonds. The van der Waals surface area contributed by atoms with Gasteiger partial charge in [-0.25, -0.2) is 4.39 Å². The first-order valence-corrected chi connectivity index (χ1v) is 13.3. The van der Waals surface area contributed by atoms with E-state index in [4.69, 9.17) is 0 Å². The van der Waals surface area contributed by atoms with E-state index in [1.165, 1.54) is 31.0 Å². The first-order valence-electron chi connectivity index (χ1n) is 12.3. The number of methoxy groups -OCH3 is 1. The van der Waals surface area contributed by atoms with Gasteiger partial charge in [-0.05, 0) is 43.4 Å². The van der Waals surface area contributed by atoms with Crippen LogP contribution in [-0.2, 0) is 20.7 Å². The van der Waals surface area contributed by atoms with Gasteiger partial charge in [-0.15, -0.1) is 0 Å². The van der Waals surface area contributed by atoms with Crippen LogP contribution in [0.5, 0.6) is 0 Å². The van der Waals surface area contributed by atoms with E-state index in [0.29, 0.717) is 37.9 Å². The van der Waals surface area contributed by atoms with Crippen LogP contribution < -0.4 is 0 Å². The van der Waals surface area contributed by atoms with E-state index < -0.39 is 11.7 Å². The summed E-state index contributed by atoms with van der Waals surface area (Å²) < 4.78 is 17.9. The van der Waals surface area contributed by atoms with Crippen molar-refractivity contribution in [1.29, 1.82) is 0 Å². The number of thioether (sulfide) groups is 1. The number of hydrogen-bond acceptors (Lipinski definition) is 6. The molecule has 1 aromatic rings. The molecule has 2 unspecified atom stereocenters. The predicted molar refractivity (Wildman–Crippen MR) is 134 cm³/mol. The van der Waals surface area contributed by atoms with Crippen LogP contribution in [0.1, 0.15) is 70.3 Å². The van der Waals surface area contributed by atoms with E-state index in [0.717, 1.165) is 31.2 Å². The van der Waals surface area contributed by atoms with Gasteiger partial charge >= 0.3 is 5.97 Å². The molecule has 190 valence electrons. The van der Waals surface area contributed by atoms with Crippen molar-refractivity contribution < 1.29 is 28.9 Å². The Morgan fingerprint density at radius 3 is 2.65 bits per heavy atom. The van der Waals surface area contributed by atoms with Gasteiger partial charge in [0.05, 0.1) is 18.8 Å². The number of Topliss-reactive ketones (excluding diaryl/α,β-unsaturated/α-hetero) is 1. The fourth-order valence-electron chi connectivity index (χ4n) is 4.39. The molecular formula is C27H39FO5S. The van der Waals surface area contributed by atoms with E-state index in [2.05, 4.69) is 11.7 Å². The number of ketones is 1. The number of benzene rings is 1. The average Bonchev–Trinajstić information content (AvgIpc) is 3.08. The van der Waals surface area contributed by atoms with Crippen molar-refractivity contribution in [3.05, 3.63) is 47.8 Å². The molecule has 1 saturated carbocycles. The van der Waals surface area contributed by atoms with Gasteiger partial charge in [0.2, 0.25) is 0 Å². The molecule has 0 radical (unpaired) electrons. The zero-order valence-electron chi connectivity index (χ0n) is 20.4. The molecule has 0 aliphatic heterocycles. The molecule has 1 aliphatic rings. The number of unbranched alkanes of at least 4 members (excludes halogenated alkanes) is 3. The number of hydrogen-bond donors (Lipinski definition) is 2. The SMILES string of the molecule is CCCCCC(O)(CS[C@H]1C(O)CC(=O)[C@@H]1CC=CCCCC(=O)OC)Cc1ccc(F)cc1. The van der Waals surface area contributed by atoms with Gasteiger partial charge in [0, 0.05) is 36.2 Å². The Morgan fingerprint density at radius 1 is 1.24 bits per heavy atom. The summed E-state index contributed by atoms with van der Waals surface area (Å²) in [7, 11) is 1.37. The summed E-state index contributed by atoms with van der Waals surface area (Å²) in [6.45, 7) is 2.11. The van der Waals surface area contributed by atoms with Crippen LogP contribution in [0.4, 0.5) is 4.39 Å². The smallest absolute Gasteiger partial charge is 0.305 e. The quantitative estimate of drug-likeness (QED) is 0.202. The van der Waals surface area contributed by atoms with Gasteiger partial charge in [-0.2, -0.15) is 11.8 Å². The second-order valence-corrected chi connectivity index (χ2v) is 10.4. The molecule has 4 atom stereocenters. The molecule has 1 aliphatic carbocycles. The van der Waals surface area contributed by atoms with Crippen molar-refractivity contribution in [3.63, 3.8) is 0 Å². The van der Waals surface area contributed by atoms with Gasteiger partial charge in [-0.3, -0.25) is 9.59 Å². The Morgan fingerprint density at radius 2 is 1.97 bits per heavy atom. The molecule has 0 bridgehead atoms. The highest BCUT2D eigenvalue weighted by atomic mass is 32.2. The van der Waals surface area contributed by atoms with Crippen LogP contribution in [0.15, 0.2) is 36.4 Å². The third kappa shape index (κ3) is 9.51. The molecule has 5 nitrogen and oxygen atoms in total. The maximum Gasteiger partial charge on any atom is 0.305 e. The number of carbonyl (C=O) groups is 2. The molecule has 2 rings (SSSR count). The molecule has 0 saturated heterocycles. The lowest BCUT2D eigenvalue weighted by Gasteiger charge is -2.31. The Kier molecular flexibility index (Phi) is 12.3. The zero-order chi connectivity index (χ0) is 25.0. The van der Waals surface area contributed by atoms with E-state index in [9.17, 15) is 24.2 Å². The lowest BCUT2D eigenvalue weighted by atomic mass is 9.91. The van der Waals surface area contributed by atoms with E-state index in [1.54, 1.807) is 12.1 Å². The lowest BCUT2D eigenvalue weighted by molar-refractivity contribution is -0.140. The minimum atomic E-state index is -0.989. The van der Waals surface area contributed by atoms with Crippen molar-refractivity contribution in [2.45, 2.75) is 88.1 Å². The molecule has 0 aromatic heterocycles. The van der Waals surface area contributed by atoms with Gasteiger partial charge in [-0.1, -0.05) is 50.5 Å². The second kappa shape index (κ2) is 14.6. The molecule has 34 heavy (non-hydrogen) atoms. The normalized spacial score (nSPS) is 22.3. The molecule has 1 fully saturated rings. The Hall–Kier alpha value is -1.70. The predicted octanol–water partition coefficient (Wildman–Crippen LogP) is 5.02. The highest BCUT2D eigenvalue weighted by Gasteiger charge is 2.42. The summed E-state index contributed by atoms with van der Waals surface area (Å²) in [5.41, 5.74) is -0.118. The topological polar surface area (TPSA) is 83.8 Å². The zero-order valence-corrected chi connectivity index (χ0v) is 21.2. The van der Waals surface area contributed by atoms with Crippen LogP contribution >= 0.6 is 11.8 Å². The minimum Gasteiger partial charge on any atom is -0.469 e. The van der Waals surface area contributed by atoms with Crippen LogP contribution in [0, 0.1) is 11.7 Å². The Labute approximate surface area is 207 Å². The van der Waals surface area contributed by atoms with Crippen molar-refractivity contribution >= 4 is 23.5 Å². The van der Waals surface area contributed by atoms with Crippen LogP contribution in [0.25, 0.3) is 0 Å². The van der Waals surface area contributed by atoms with E-state index >= 15 is 0 Å². The maximum atomic E-state index is 13.3. The van der Waals surface area contributed by atoms with Crippen molar-refractivity contribution in [2.24, 2.45) is 5.92 Å². The molecule has 1 aromatic carbocycles. The van der Waals surface area contributed by atoms with Crippen LogP contribution in [0.3, 0.4) is 0 Å². The summed E-state index contributed by atoms with van der Waals surface area (Å²) in [6.07, 6.45) is 9.65.